The summed E-state index contributed by atoms with van der Waals surface area (Å²) in [6.07, 6.45) is 0.726. The van der Waals surface area contributed by atoms with Crippen molar-refractivity contribution in [2.75, 3.05) is 7.11 Å². The van der Waals surface area contributed by atoms with Crippen LogP contribution in [0.1, 0.15) is 28.8 Å². The maximum absolute atomic E-state index is 11.0. The van der Waals surface area contributed by atoms with Gasteiger partial charge in [-0.1, -0.05) is 6.92 Å². The molecular weight excluding hydrogens is 222 g/mol. The molecule has 0 bridgehead atoms. The third-order valence-corrected chi connectivity index (χ3v) is 2.50. The molecule has 2 aromatic rings. The van der Waals surface area contributed by atoms with Crippen LogP contribution in [0.5, 0.6) is 0 Å². The van der Waals surface area contributed by atoms with Crippen LogP contribution in [0.15, 0.2) is 12.1 Å². The highest BCUT2D eigenvalue weighted by atomic mass is 16.5. The number of aryl methyl sites for hydroxylation is 1. The van der Waals surface area contributed by atoms with Crippen LogP contribution in [0.4, 0.5) is 0 Å². The molecule has 90 valence electrons. The fraction of sp³-hybridized carbons (Fsp3) is 0.364. The maximum Gasteiger partial charge on any atom is 0.335 e. The van der Waals surface area contributed by atoms with Crippen LogP contribution in [-0.2, 0) is 17.8 Å². The number of methoxy groups -OCH3 is 1. The van der Waals surface area contributed by atoms with E-state index in [0.717, 1.165) is 17.9 Å². The Labute approximate surface area is 97.9 Å². The van der Waals surface area contributed by atoms with E-state index in [9.17, 15) is 4.79 Å². The van der Waals surface area contributed by atoms with Gasteiger partial charge in [0, 0.05) is 13.5 Å². The fourth-order valence-corrected chi connectivity index (χ4v) is 1.77. The van der Waals surface area contributed by atoms with Gasteiger partial charge in [-0.15, -0.1) is 10.2 Å². The van der Waals surface area contributed by atoms with Gasteiger partial charge in [0.1, 0.15) is 5.82 Å². The molecule has 1 N–H and O–H groups in total. The summed E-state index contributed by atoms with van der Waals surface area (Å²) in [4.78, 5) is 11.0. The molecule has 0 unspecified atom stereocenters. The largest absolute Gasteiger partial charge is 0.478 e. The molecule has 0 saturated carbocycles. The van der Waals surface area contributed by atoms with Crippen molar-refractivity contribution in [3.8, 4) is 0 Å². The van der Waals surface area contributed by atoms with Gasteiger partial charge in [0.15, 0.2) is 5.65 Å². The molecule has 6 heteroatoms. The van der Waals surface area contributed by atoms with Crippen molar-refractivity contribution in [1.29, 1.82) is 0 Å². The van der Waals surface area contributed by atoms with Crippen LogP contribution in [0.2, 0.25) is 0 Å². The number of aromatic nitrogens is 3. The molecule has 0 aromatic carbocycles. The zero-order valence-electron chi connectivity index (χ0n) is 9.67. The first-order valence-corrected chi connectivity index (χ1v) is 5.26. The van der Waals surface area contributed by atoms with E-state index in [2.05, 4.69) is 10.2 Å². The number of pyridine rings is 1. The average Bonchev–Trinajstić information content (AvgIpc) is 2.72. The van der Waals surface area contributed by atoms with Crippen molar-refractivity contribution >= 4 is 11.6 Å². The normalized spacial score (nSPS) is 10.9. The molecule has 2 heterocycles. The molecule has 0 aliphatic carbocycles. The second kappa shape index (κ2) is 4.50. The third kappa shape index (κ3) is 1.99. The minimum absolute atomic E-state index is 0.194. The van der Waals surface area contributed by atoms with Gasteiger partial charge in [-0.25, -0.2) is 4.79 Å². The predicted octanol–water partition coefficient (Wildman–Crippen LogP) is 1.14. The quantitative estimate of drug-likeness (QED) is 0.859. The van der Waals surface area contributed by atoms with Gasteiger partial charge in [0.05, 0.1) is 17.9 Å². The van der Waals surface area contributed by atoms with Gasteiger partial charge >= 0.3 is 5.97 Å². The van der Waals surface area contributed by atoms with Crippen LogP contribution in [0.25, 0.3) is 5.65 Å². The minimum Gasteiger partial charge on any atom is -0.478 e. The summed E-state index contributed by atoms with van der Waals surface area (Å²) in [5.74, 6) is -0.185. The van der Waals surface area contributed by atoms with E-state index in [1.54, 1.807) is 13.2 Å². The average molecular weight is 235 g/mol. The number of carbonyl (C=O) groups is 1. The Kier molecular flexibility index (Phi) is 3.06. The van der Waals surface area contributed by atoms with E-state index >= 15 is 0 Å². The van der Waals surface area contributed by atoms with Crippen molar-refractivity contribution in [1.82, 2.24) is 14.6 Å². The number of fused-ring (bicyclic) bond motifs is 1. The number of ether oxygens (including phenoxy) is 1. The molecule has 6 nitrogen and oxygen atoms in total. The molecule has 2 rings (SSSR count). The van der Waals surface area contributed by atoms with Crippen molar-refractivity contribution in [2.24, 2.45) is 0 Å². The van der Waals surface area contributed by atoms with E-state index in [0.29, 0.717) is 12.3 Å². The fourth-order valence-electron chi connectivity index (χ4n) is 1.77. The molecule has 2 aromatic heterocycles. The molecule has 0 aliphatic heterocycles. The minimum atomic E-state index is -0.981. The zero-order valence-corrected chi connectivity index (χ0v) is 9.67. The first-order chi connectivity index (χ1) is 8.17. The number of carboxylic acid groups (broad SMARTS) is 1. The Morgan fingerprint density at radius 2 is 2.24 bits per heavy atom. The summed E-state index contributed by atoms with van der Waals surface area (Å²) >= 11 is 0. The van der Waals surface area contributed by atoms with E-state index < -0.39 is 5.97 Å². The van der Waals surface area contributed by atoms with E-state index in [1.807, 2.05) is 11.3 Å². The predicted molar refractivity (Wildman–Crippen MR) is 60.0 cm³/mol. The summed E-state index contributed by atoms with van der Waals surface area (Å²) in [6.45, 7) is 2.29. The lowest BCUT2D eigenvalue weighted by atomic mass is 10.2. The highest BCUT2D eigenvalue weighted by Crippen LogP contribution is 2.14. The number of nitrogens with zero attached hydrogens (tertiary/aromatic N) is 3. The molecule has 0 aliphatic rings. The lowest BCUT2D eigenvalue weighted by Crippen LogP contribution is -2.06. The highest BCUT2D eigenvalue weighted by Gasteiger charge is 2.13. The first kappa shape index (κ1) is 11.5. The van der Waals surface area contributed by atoms with Crippen LogP contribution in [0.3, 0.4) is 0 Å². The Balaban J connectivity index is 2.69. The second-order valence-electron chi connectivity index (χ2n) is 3.64. The number of hydrogen-bond acceptors (Lipinski definition) is 4. The molecule has 0 spiro atoms. The first-order valence-electron chi connectivity index (χ1n) is 5.26. The molecule has 17 heavy (non-hydrogen) atoms. The van der Waals surface area contributed by atoms with Crippen molar-refractivity contribution in [3.63, 3.8) is 0 Å². The smallest absolute Gasteiger partial charge is 0.335 e. The highest BCUT2D eigenvalue weighted by molar-refractivity contribution is 5.88. The van der Waals surface area contributed by atoms with Crippen LogP contribution >= 0.6 is 0 Å². The lowest BCUT2D eigenvalue weighted by molar-refractivity contribution is 0.0696. The summed E-state index contributed by atoms with van der Waals surface area (Å²) in [7, 11) is 1.56. The van der Waals surface area contributed by atoms with E-state index in [-0.39, 0.29) is 5.56 Å². The Morgan fingerprint density at radius 3 is 2.82 bits per heavy atom. The summed E-state index contributed by atoms with van der Waals surface area (Å²) < 4.78 is 6.90. The number of hydrogen-bond donors (Lipinski definition) is 1. The molecule has 0 radical (unpaired) electrons. The van der Waals surface area contributed by atoms with Gasteiger partial charge in [-0.3, -0.25) is 4.40 Å². The Hall–Kier alpha value is -1.95. The topological polar surface area (TPSA) is 76.7 Å². The maximum atomic E-state index is 11.0. The van der Waals surface area contributed by atoms with Crippen LogP contribution in [0, 0.1) is 0 Å². The molecule has 0 atom stereocenters. The van der Waals surface area contributed by atoms with Gasteiger partial charge in [0.2, 0.25) is 0 Å². The van der Waals surface area contributed by atoms with Crippen LogP contribution in [-0.4, -0.2) is 32.8 Å². The van der Waals surface area contributed by atoms with Crippen molar-refractivity contribution < 1.29 is 14.6 Å². The van der Waals surface area contributed by atoms with E-state index in [4.69, 9.17) is 9.84 Å². The van der Waals surface area contributed by atoms with Crippen LogP contribution < -0.4 is 0 Å². The van der Waals surface area contributed by atoms with Gasteiger partial charge in [-0.2, -0.15) is 0 Å². The zero-order chi connectivity index (χ0) is 12.4. The number of rotatable bonds is 4. The summed E-state index contributed by atoms with van der Waals surface area (Å²) in [5, 5.41) is 17.0. The molecule has 0 fully saturated rings. The monoisotopic (exact) mass is 235 g/mol. The lowest BCUT2D eigenvalue weighted by Gasteiger charge is -2.07. The van der Waals surface area contributed by atoms with Gasteiger partial charge in [0.25, 0.3) is 0 Å². The standard InChI is InChI=1S/C11H13N3O3/c1-3-9-12-13-10-5-7(11(15)16)4-8(6-17-2)14(9)10/h4-5H,3,6H2,1-2H3,(H,15,16). The molecule has 0 amide bonds. The number of aromatic carboxylic acids is 1. The van der Waals surface area contributed by atoms with E-state index in [1.165, 1.54) is 6.07 Å². The molecule has 0 saturated heterocycles. The number of carboxylic acids is 1. The Bertz CT molecular complexity index is 562. The second-order valence-corrected chi connectivity index (χ2v) is 3.64. The Morgan fingerprint density at radius 1 is 1.47 bits per heavy atom. The molecular formula is C11H13N3O3. The van der Waals surface area contributed by atoms with Crippen molar-refractivity contribution in [3.05, 3.63) is 29.2 Å². The SMILES string of the molecule is CCc1nnc2cc(C(=O)O)cc(COC)n12. The summed E-state index contributed by atoms with van der Waals surface area (Å²) in [6, 6.07) is 3.09. The van der Waals surface area contributed by atoms with Gasteiger partial charge < -0.3 is 9.84 Å². The van der Waals surface area contributed by atoms with Gasteiger partial charge in [-0.05, 0) is 12.1 Å². The van der Waals surface area contributed by atoms with Crippen molar-refractivity contribution in [2.45, 2.75) is 20.0 Å². The summed E-state index contributed by atoms with van der Waals surface area (Å²) in [5.41, 5.74) is 1.47. The third-order valence-electron chi connectivity index (χ3n) is 2.50.